The number of hydrogen-bond donors (Lipinski definition) is 2. The number of rotatable bonds is 5. The van der Waals surface area contributed by atoms with E-state index in [1.165, 1.54) is 18.2 Å². The molecule has 0 saturated heterocycles. The van der Waals surface area contributed by atoms with Crippen LogP contribution in [0.2, 0.25) is 5.02 Å². The fraction of sp³-hybridized carbons (Fsp3) is 0. The number of amides is 1. The number of benzene rings is 3. The number of nitrogens with one attached hydrogen (secondary N) is 2. The van der Waals surface area contributed by atoms with Crippen LogP contribution in [0.1, 0.15) is 10.4 Å². The molecule has 0 unspecified atom stereocenters. The van der Waals surface area contributed by atoms with Gasteiger partial charge in [0, 0.05) is 11.3 Å². The summed E-state index contributed by atoms with van der Waals surface area (Å²) >= 11 is 6.00. The Labute approximate surface area is 156 Å². The van der Waals surface area contributed by atoms with Crippen molar-refractivity contribution in [3.63, 3.8) is 0 Å². The topological polar surface area (TPSA) is 75.3 Å². The summed E-state index contributed by atoms with van der Waals surface area (Å²) in [5.41, 5.74) is 1.13. The largest absolute Gasteiger partial charge is 0.322 e. The summed E-state index contributed by atoms with van der Waals surface area (Å²) in [6.07, 6.45) is 0. The van der Waals surface area contributed by atoms with E-state index in [2.05, 4.69) is 10.0 Å². The van der Waals surface area contributed by atoms with E-state index in [1.807, 2.05) is 6.07 Å². The number of halogens is 1. The highest BCUT2D eigenvalue weighted by Gasteiger charge is 2.17. The molecule has 7 heteroatoms. The molecule has 0 fully saturated rings. The monoisotopic (exact) mass is 386 g/mol. The van der Waals surface area contributed by atoms with Gasteiger partial charge in [-0.3, -0.25) is 9.52 Å². The molecule has 3 rings (SSSR count). The molecule has 0 atom stereocenters. The van der Waals surface area contributed by atoms with Crippen LogP contribution in [0, 0.1) is 0 Å². The molecule has 0 bridgehead atoms. The molecule has 0 radical (unpaired) electrons. The number of anilines is 2. The van der Waals surface area contributed by atoms with Crippen LogP contribution in [0.15, 0.2) is 83.8 Å². The van der Waals surface area contributed by atoms with Crippen molar-refractivity contribution >= 4 is 38.9 Å². The maximum absolute atomic E-state index is 12.6. The van der Waals surface area contributed by atoms with E-state index in [4.69, 9.17) is 11.6 Å². The van der Waals surface area contributed by atoms with Gasteiger partial charge in [0.1, 0.15) is 0 Å². The summed E-state index contributed by atoms with van der Waals surface area (Å²) in [7, 11) is -3.88. The second-order valence-corrected chi connectivity index (χ2v) is 7.52. The molecule has 2 N–H and O–H groups in total. The van der Waals surface area contributed by atoms with E-state index in [9.17, 15) is 13.2 Å². The SMILES string of the molecule is O=C(Nc1ccccc1)c1cccc(S(=O)(=O)Nc2ccccc2Cl)c1. The van der Waals surface area contributed by atoms with Crippen molar-refractivity contribution in [1.82, 2.24) is 0 Å². The van der Waals surface area contributed by atoms with Crippen LogP contribution < -0.4 is 10.0 Å². The van der Waals surface area contributed by atoms with Crippen LogP contribution >= 0.6 is 11.6 Å². The van der Waals surface area contributed by atoms with Gasteiger partial charge in [0.05, 0.1) is 15.6 Å². The molecule has 0 aromatic heterocycles. The Morgan fingerprint density at radius 3 is 2.27 bits per heavy atom. The molecule has 0 aliphatic heterocycles. The molecule has 0 saturated carbocycles. The highest BCUT2D eigenvalue weighted by Crippen LogP contribution is 2.24. The normalized spacial score (nSPS) is 11.0. The first-order valence-corrected chi connectivity index (χ1v) is 9.56. The summed E-state index contributed by atoms with van der Waals surface area (Å²) in [5.74, 6) is -0.397. The van der Waals surface area contributed by atoms with Gasteiger partial charge in [-0.15, -0.1) is 0 Å². The maximum Gasteiger partial charge on any atom is 0.261 e. The lowest BCUT2D eigenvalue weighted by atomic mass is 10.2. The molecule has 3 aromatic carbocycles. The summed E-state index contributed by atoms with van der Waals surface area (Å²) < 4.78 is 27.6. The molecule has 3 aromatic rings. The van der Waals surface area contributed by atoms with E-state index >= 15 is 0 Å². The van der Waals surface area contributed by atoms with Crippen LogP contribution in [0.4, 0.5) is 11.4 Å². The standard InChI is InChI=1S/C19H15ClN2O3S/c20-17-11-4-5-12-18(17)22-26(24,25)16-10-6-7-14(13-16)19(23)21-15-8-2-1-3-9-15/h1-13,22H,(H,21,23). The smallest absolute Gasteiger partial charge is 0.261 e. The number of carbonyl (C=O) groups is 1. The van der Waals surface area contributed by atoms with Crippen molar-refractivity contribution in [1.29, 1.82) is 0 Å². The predicted molar refractivity (Wildman–Crippen MR) is 103 cm³/mol. The van der Waals surface area contributed by atoms with E-state index < -0.39 is 15.9 Å². The number of carbonyl (C=O) groups excluding carboxylic acids is 1. The van der Waals surface area contributed by atoms with Gasteiger partial charge < -0.3 is 5.32 Å². The number of sulfonamides is 1. The Morgan fingerprint density at radius 1 is 0.846 bits per heavy atom. The van der Waals surface area contributed by atoms with Gasteiger partial charge in [0.2, 0.25) is 0 Å². The Bertz CT molecular complexity index is 1040. The van der Waals surface area contributed by atoms with Crippen molar-refractivity contribution < 1.29 is 13.2 Å². The second-order valence-electron chi connectivity index (χ2n) is 5.43. The molecule has 0 spiro atoms. The molecule has 1 amide bonds. The Kier molecular flexibility index (Phi) is 5.25. The van der Waals surface area contributed by atoms with Crippen LogP contribution in [-0.4, -0.2) is 14.3 Å². The van der Waals surface area contributed by atoms with Gasteiger partial charge in [0.25, 0.3) is 15.9 Å². The Balaban J connectivity index is 1.84. The van der Waals surface area contributed by atoms with Crippen molar-refractivity contribution in [2.45, 2.75) is 4.90 Å². The van der Waals surface area contributed by atoms with Crippen LogP contribution in [0.25, 0.3) is 0 Å². The molecule has 0 aliphatic rings. The second kappa shape index (κ2) is 7.59. The first kappa shape index (κ1) is 18.0. The van der Waals surface area contributed by atoms with Crippen molar-refractivity contribution in [2.75, 3.05) is 10.0 Å². The quantitative estimate of drug-likeness (QED) is 0.682. The highest BCUT2D eigenvalue weighted by molar-refractivity contribution is 7.92. The lowest BCUT2D eigenvalue weighted by molar-refractivity contribution is 0.102. The van der Waals surface area contributed by atoms with Gasteiger partial charge in [0.15, 0.2) is 0 Å². The Morgan fingerprint density at radius 2 is 1.54 bits per heavy atom. The zero-order chi connectivity index (χ0) is 18.6. The third-order valence-corrected chi connectivity index (χ3v) is 5.25. The molecule has 132 valence electrons. The van der Waals surface area contributed by atoms with Crippen molar-refractivity contribution in [2.24, 2.45) is 0 Å². The lowest BCUT2D eigenvalue weighted by Gasteiger charge is -2.11. The van der Waals surface area contributed by atoms with Gasteiger partial charge in [-0.2, -0.15) is 0 Å². The minimum absolute atomic E-state index is 0.0295. The lowest BCUT2D eigenvalue weighted by Crippen LogP contribution is -2.16. The zero-order valence-corrected chi connectivity index (χ0v) is 15.1. The van der Waals surface area contributed by atoms with Crippen molar-refractivity contribution in [3.05, 3.63) is 89.4 Å². The average Bonchev–Trinajstić information content (AvgIpc) is 2.64. The average molecular weight is 387 g/mol. The summed E-state index contributed by atoms with van der Waals surface area (Å²) in [6, 6.07) is 21.2. The predicted octanol–water partition coefficient (Wildman–Crippen LogP) is 4.39. The van der Waals surface area contributed by atoms with Gasteiger partial charge >= 0.3 is 0 Å². The van der Waals surface area contributed by atoms with Crippen LogP contribution in [0.3, 0.4) is 0 Å². The Hall–Kier alpha value is -2.83. The minimum Gasteiger partial charge on any atom is -0.322 e. The van der Waals surface area contributed by atoms with Crippen LogP contribution in [-0.2, 0) is 10.0 Å². The molecule has 26 heavy (non-hydrogen) atoms. The van der Waals surface area contributed by atoms with E-state index in [0.717, 1.165) is 0 Å². The first-order valence-electron chi connectivity index (χ1n) is 7.69. The molecule has 5 nitrogen and oxygen atoms in total. The van der Waals surface area contributed by atoms with Gasteiger partial charge in [-0.1, -0.05) is 48.0 Å². The van der Waals surface area contributed by atoms with Crippen LogP contribution in [0.5, 0.6) is 0 Å². The fourth-order valence-corrected chi connectivity index (χ4v) is 3.64. The third-order valence-electron chi connectivity index (χ3n) is 3.56. The molecular weight excluding hydrogens is 372 g/mol. The third kappa shape index (κ3) is 4.22. The summed E-state index contributed by atoms with van der Waals surface area (Å²) in [5, 5.41) is 3.01. The molecule has 0 aliphatic carbocycles. The van der Waals surface area contributed by atoms with Crippen molar-refractivity contribution in [3.8, 4) is 0 Å². The maximum atomic E-state index is 12.6. The first-order chi connectivity index (χ1) is 12.5. The summed E-state index contributed by atoms with van der Waals surface area (Å²) in [6.45, 7) is 0. The number of hydrogen-bond acceptors (Lipinski definition) is 3. The zero-order valence-electron chi connectivity index (χ0n) is 13.5. The minimum atomic E-state index is -3.88. The van der Waals surface area contributed by atoms with Gasteiger partial charge in [-0.25, -0.2) is 8.42 Å². The number of para-hydroxylation sites is 2. The summed E-state index contributed by atoms with van der Waals surface area (Å²) in [4.78, 5) is 12.3. The molecular formula is C19H15ClN2O3S. The fourth-order valence-electron chi connectivity index (χ4n) is 2.28. The van der Waals surface area contributed by atoms with E-state index in [1.54, 1.807) is 54.6 Å². The van der Waals surface area contributed by atoms with E-state index in [0.29, 0.717) is 5.69 Å². The highest BCUT2D eigenvalue weighted by atomic mass is 35.5. The van der Waals surface area contributed by atoms with E-state index in [-0.39, 0.29) is 21.2 Å². The molecule has 0 heterocycles. The van der Waals surface area contributed by atoms with Gasteiger partial charge in [-0.05, 0) is 42.5 Å².